The molecule has 1 aliphatic heterocycles. The molecule has 1 aromatic carbocycles. The molecule has 2 rings (SSSR count). The molecular weight excluding hydrogens is 461 g/mol. The van der Waals surface area contributed by atoms with Crippen LogP contribution in [0.1, 0.15) is 25.3 Å². The van der Waals surface area contributed by atoms with E-state index in [0.29, 0.717) is 18.0 Å². The summed E-state index contributed by atoms with van der Waals surface area (Å²) in [4.78, 5) is 18.6. The lowest BCUT2D eigenvalue weighted by atomic mass is 9.97. The molecule has 1 aromatic rings. The van der Waals surface area contributed by atoms with E-state index in [0.717, 1.165) is 44.0 Å². The number of likely N-dealkylation sites (tertiary alicyclic amines) is 1. The maximum Gasteiger partial charge on any atom is 0.308 e. The molecule has 0 amide bonds. The number of benzene rings is 1. The Bertz CT molecular complexity index is 631. The van der Waals surface area contributed by atoms with Crippen molar-refractivity contribution in [2.75, 3.05) is 41.0 Å². The maximum absolute atomic E-state index is 11.7. The number of aliphatic imine (C=N–C) groups is 1. The second kappa shape index (κ2) is 11.9. The topological polar surface area (TPSA) is 72.4 Å². The SMILES string of the molecule is CCNC(=NCc1ccc(OC)c(OC)c1)N1CCC(C(=O)OC)CC1.I. The van der Waals surface area contributed by atoms with Gasteiger partial charge in [0, 0.05) is 19.6 Å². The van der Waals surface area contributed by atoms with Crippen molar-refractivity contribution in [1.29, 1.82) is 0 Å². The molecule has 0 unspecified atom stereocenters. The van der Waals surface area contributed by atoms with Crippen molar-refractivity contribution >= 4 is 35.9 Å². The highest BCUT2D eigenvalue weighted by molar-refractivity contribution is 14.0. The lowest BCUT2D eigenvalue weighted by Gasteiger charge is -2.33. The van der Waals surface area contributed by atoms with Crippen LogP contribution in [0.25, 0.3) is 0 Å². The van der Waals surface area contributed by atoms with Gasteiger partial charge in [0.2, 0.25) is 0 Å². The van der Waals surface area contributed by atoms with Crippen molar-refractivity contribution in [3.05, 3.63) is 23.8 Å². The van der Waals surface area contributed by atoms with E-state index in [4.69, 9.17) is 19.2 Å². The number of carbonyl (C=O) groups is 1. The number of hydrogen-bond acceptors (Lipinski definition) is 5. The molecule has 8 heteroatoms. The van der Waals surface area contributed by atoms with Gasteiger partial charge in [0.25, 0.3) is 0 Å². The van der Waals surface area contributed by atoms with Crippen LogP contribution in [0.2, 0.25) is 0 Å². The van der Waals surface area contributed by atoms with Gasteiger partial charge in [-0.3, -0.25) is 4.79 Å². The van der Waals surface area contributed by atoms with E-state index in [1.54, 1.807) is 14.2 Å². The minimum atomic E-state index is -0.114. The summed E-state index contributed by atoms with van der Waals surface area (Å²) in [6, 6.07) is 5.81. The number of hydrogen-bond donors (Lipinski definition) is 1. The molecule has 27 heavy (non-hydrogen) atoms. The number of nitrogens with zero attached hydrogens (tertiary/aromatic N) is 2. The molecule has 1 saturated heterocycles. The summed E-state index contributed by atoms with van der Waals surface area (Å²) >= 11 is 0. The first-order valence-corrected chi connectivity index (χ1v) is 8.94. The summed E-state index contributed by atoms with van der Waals surface area (Å²) in [6.45, 7) is 4.96. The third-order valence-corrected chi connectivity index (χ3v) is 4.52. The molecule has 0 bridgehead atoms. The van der Waals surface area contributed by atoms with Gasteiger partial charge in [0.1, 0.15) is 0 Å². The molecule has 0 aromatic heterocycles. The number of carbonyl (C=O) groups excluding carboxylic acids is 1. The van der Waals surface area contributed by atoms with Crippen molar-refractivity contribution in [2.24, 2.45) is 10.9 Å². The number of guanidine groups is 1. The van der Waals surface area contributed by atoms with E-state index >= 15 is 0 Å². The lowest BCUT2D eigenvalue weighted by Crippen LogP contribution is -2.46. The van der Waals surface area contributed by atoms with Crippen molar-refractivity contribution in [3.63, 3.8) is 0 Å². The minimum Gasteiger partial charge on any atom is -0.493 e. The normalized spacial score (nSPS) is 15.0. The summed E-state index contributed by atoms with van der Waals surface area (Å²) in [6.07, 6.45) is 1.57. The Morgan fingerprint density at radius 3 is 2.41 bits per heavy atom. The molecule has 0 saturated carbocycles. The molecule has 0 radical (unpaired) electrons. The Morgan fingerprint density at radius 2 is 1.85 bits per heavy atom. The van der Waals surface area contributed by atoms with Gasteiger partial charge in [-0.05, 0) is 37.5 Å². The lowest BCUT2D eigenvalue weighted by molar-refractivity contribution is -0.146. The number of nitrogens with one attached hydrogen (secondary N) is 1. The molecule has 7 nitrogen and oxygen atoms in total. The van der Waals surface area contributed by atoms with E-state index in [1.807, 2.05) is 25.1 Å². The molecule has 1 fully saturated rings. The molecule has 1 heterocycles. The average molecular weight is 491 g/mol. The standard InChI is InChI=1S/C19H29N3O4.HI/c1-5-20-19(22-10-8-15(9-11-22)18(23)26-4)21-13-14-6-7-16(24-2)17(12-14)25-3;/h6-7,12,15H,5,8-11,13H2,1-4H3,(H,20,21);1H. The van der Waals surface area contributed by atoms with Crippen LogP contribution in [-0.2, 0) is 16.1 Å². The van der Waals surface area contributed by atoms with Crippen molar-refractivity contribution in [3.8, 4) is 11.5 Å². The third-order valence-electron chi connectivity index (χ3n) is 4.52. The van der Waals surface area contributed by atoms with Crippen LogP contribution in [0.5, 0.6) is 11.5 Å². The van der Waals surface area contributed by atoms with Gasteiger partial charge in [-0.25, -0.2) is 4.99 Å². The summed E-state index contributed by atoms with van der Waals surface area (Å²) < 4.78 is 15.5. The van der Waals surface area contributed by atoms with Gasteiger partial charge in [0.15, 0.2) is 17.5 Å². The third kappa shape index (κ3) is 6.44. The van der Waals surface area contributed by atoms with Crippen molar-refractivity contribution < 1.29 is 19.0 Å². The number of methoxy groups -OCH3 is 3. The fourth-order valence-electron chi connectivity index (χ4n) is 3.06. The second-order valence-electron chi connectivity index (χ2n) is 6.14. The van der Waals surface area contributed by atoms with Crippen LogP contribution in [0.4, 0.5) is 0 Å². The Balaban J connectivity index is 0.00000364. The summed E-state index contributed by atoms with van der Waals surface area (Å²) in [5.41, 5.74) is 1.04. The molecule has 152 valence electrons. The van der Waals surface area contributed by atoms with Gasteiger partial charge >= 0.3 is 5.97 Å². The highest BCUT2D eigenvalue weighted by Crippen LogP contribution is 2.27. The van der Waals surface area contributed by atoms with E-state index < -0.39 is 0 Å². The van der Waals surface area contributed by atoms with Crippen LogP contribution in [0.15, 0.2) is 23.2 Å². The Morgan fingerprint density at radius 1 is 1.19 bits per heavy atom. The molecule has 0 spiro atoms. The van der Waals surface area contributed by atoms with Crippen molar-refractivity contribution in [2.45, 2.75) is 26.3 Å². The maximum atomic E-state index is 11.7. The van der Waals surface area contributed by atoms with Crippen LogP contribution in [0, 0.1) is 5.92 Å². The molecular formula is C19H30IN3O4. The average Bonchev–Trinajstić information content (AvgIpc) is 2.70. The van der Waals surface area contributed by atoms with E-state index in [2.05, 4.69) is 10.2 Å². The Hall–Kier alpha value is -1.71. The number of piperidine rings is 1. The van der Waals surface area contributed by atoms with Gasteiger partial charge < -0.3 is 24.4 Å². The van der Waals surface area contributed by atoms with E-state index in [-0.39, 0.29) is 35.9 Å². The highest BCUT2D eigenvalue weighted by Gasteiger charge is 2.26. The zero-order valence-electron chi connectivity index (χ0n) is 16.5. The number of ether oxygens (including phenoxy) is 3. The molecule has 1 aliphatic rings. The fourth-order valence-corrected chi connectivity index (χ4v) is 3.06. The smallest absolute Gasteiger partial charge is 0.308 e. The van der Waals surface area contributed by atoms with Crippen LogP contribution in [0.3, 0.4) is 0 Å². The van der Waals surface area contributed by atoms with Crippen LogP contribution >= 0.6 is 24.0 Å². The van der Waals surface area contributed by atoms with E-state index in [1.165, 1.54) is 7.11 Å². The fraction of sp³-hybridized carbons (Fsp3) is 0.579. The predicted molar refractivity (Wildman–Crippen MR) is 116 cm³/mol. The predicted octanol–water partition coefficient (Wildman–Crippen LogP) is 2.67. The zero-order valence-corrected chi connectivity index (χ0v) is 18.8. The zero-order chi connectivity index (χ0) is 18.9. The van der Waals surface area contributed by atoms with E-state index in [9.17, 15) is 4.79 Å². The van der Waals surface area contributed by atoms with Gasteiger partial charge in [0.05, 0.1) is 33.8 Å². The quantitative estimate of drug-likeness (QED) is 0.286. The number of halogens is 1. The first-order chi connectivity index (χ1) is 12.6. The van der Waals surface area contributed by atoms with Crippen LogP contribution in [-0.4, -0.2) is 57.8 Å². The summed E-state index contributed by atoms with van der Waals surface area (Å²) in [5.74, 6) is 2.15. The Labute approximate surface area is 178 Å². The Kier molecular flexibility index (Phi) is 10.3. The minimum absolute atomic E-state index is 0. The second-order valence-corrected chi connectivity index (χ2v) is 6.14. The summed E-state index contributed by atoms with van der Waals surface area (Å²) in [5, 5.41) is 3.34. The first-order valence-electron chi connectivity index (χ1n) is 8.94. The first kappa shape index (κ1) is 23.3. The molecule has 1 N–H and O–H groups in total. The monoisotopic (exact) mass is 491 g/mol. The highest BCUT2D eigenvalue weighted by atomic mass is 127. The summed E-state index contributed by atoms with van der Waals surface area (Å²) in [7, 11) is 4.70. The van der Waals surface area contributed by atoms with Crippen molar-refractivity contribution in [1.82, 2.24) is 10.2 Å². The number of rotatable bonds is 6. The van der Waals surface area contributed by atoms with Gasteiger partial charge in [-0.15, -0.1) is 24.0 Å². The number of esters is 1. The van der Waals surface area contributed by atoms with Gasteiger partial charge in [-0.2, -0.15) is 0 Å². The van der Waals surface area contributed by atoms with Gasteiger partial charge in [-0.1, -0.05) is 6.07 Å². The molecule has 0 aliphatic carbocycles. The molecule has 0 atom stereocenters. The largest absolute Gasteiger partial charge is 0.493 e. The van der Waals surface area contributed by atoms with Crippen LogP contribution < -0.4 is 14.8 Å².